The highest BCUT2D eigenvalue weighted by molar-refractivity contribution is 5.93. The Hall–Kier alpha value is -3.55. The fraction of sp³-hybridized carbons (Fsp3) is 0.273. The number of fused-ring (bicyclic) bond motifs is 1. The third-order valence-corrected chi connectivity index (χ3v) is 5.57. The second-order valence-corrected chi connectivity index (χ2v) is 8.02. The van der Waals surface area contributed by atoms with Crippen LogP contribution in [0, 0.1) is 11.7 Å². The molecule has 1 aromatic carbocycles. The van der Waals surface area contributed by atoms with Gasteiger partial charge in [-0.25, -0.2) is 13.9 Å². The molecule has 150 valence electrons. The van der Waals surface area contributed by atoms with Gasteiger partial charge in [-0.05, 0) is 62.1 Å². The molecule has 3 heterocycles. The molecule has 3 aromatic heterocycles. The average Bonchev–Trinajstić information content (AvgIpc) is 3.67. The number of aromatic nitrogens is 5. The van der Waals surface area contributed by atoms with E-state index in [1.54, 1.807) is 22.8 Å². The second kappa shape index (κ2) is 6.48. The first kappa shape index (κ1) is 17.3. The number of carbonyl (C=O) groups excluding carboxylic acids is 1. The Kier molecular flexibility index (Phi) is 3.74. The number of benzene rings is 1. The van der Waals surface area contributed by atoms with Crippen molar-refractivity contribution in [2.75, 3.05) is 5.32 Å². The fourth-order valence-electron chi connectivity index (χ4n) is 3.59. The lowest BCUT2D eigenvalue weighted by molar-refractivity contribution is -0.117. The van der Waals surface area contributed by atoms with Gasteiger partial charge in [0.1, 0.15) is 11.5 Å². The lowest BCUT2D eigenvalue weighted by Crippen LogP contribution is -2.13. The van der Waals surface area contributed by atoms with Crippen LogP contribution in [0.4, 0.5) is 10.2 Å². The Morgan fingerprint density at radius 2 is 1.80 bits per heavy atom. The van der Waals surface area contributed by atoms with Crippen molar-refractivity contribution in [3.8, 4) is 22.5 Å². The van der Waals surface area contributed by atoms with Crippen molar-refractivity contribution in [2.45, 2.75) is 31.7 Å². The lowest BCUT2D eigenvalue weighted by atomic mass is 10.1. The van der Waals surface area contributed by atoms with E-state index >= 15 is 0 Å². The summed E-state index contributed by atoms with van der Waals surface area (Å²) in [5, 5.41) is 12.3. The van der Waals surface area contributed by atoms with Crippen LogP contribution >= 0.6 is 0 Å². The number of rotatable bonds is 5. The van der Waals surface area contributed by atoms with Crippen molar-refractivity contribution in [1.82, 2.24) is 24.4 Å². The predicted octanol–water partition coefficient (Wildman–Crippen LogP) is 4.08. The van der Waals surface area contributed by atoms with Gasteiger partial charge in [-0.3, -0.25) is 9.48 Å². The number of hydrogen-bond donors (Lipinski definition) is 1. The zero-order valence-corrected chi connectivity index (χ0v) is 16.1. The topological polar surface area (TPSA) is 77.1 Å². The normalized spacial score (nSPS) is 16.2. The Morgan fingerprint density at radius 1 is 1.00 bits per heavy atom. The number of carbonyl (C=O) groups is 1. The number of halogens is 1. The minimum Gasteiger partial charge on any atom is -0.309 e. The summed E-state index contributed by atoms with van der Waals surface area (Å²) in [7, 11) is 0. The first-order chi connectivity index (χ1) is 14.6. The molecule has 2 fully saturated rings. The van der Waals surface area contributed by atoms with E-state index in [9.17, 15) is 9.18 Å². The molecule has 2 aliphatic carbocycles. The maximum atomic E-state index is 13.4. The van der Waals surface area contributed by atoms with E-state index in [2.05, 4.69) is 10.3 Å². The van der Waals surface area contributed by atoms with Crippen LogP contribution in [0.25, 0.3) is 28.2 Å². The first-order valence-electron chi connectivity index (χ1n) is 10.2. The smallest absolute Gasteiger partial charge is 0.228 e. The summed E-state index contributed by atoms with van der Waals surface area (Å²) in [6.45, 7) is 0. The number of imidazole rings is 1. The van der Waals surface area contributed by atoms with Crippen molar-refractivity contribution in [3.63, 3.8) is 0 Å². The third kappa shape index (κ3) is 3.14. The summed E-state index contributed by atoms with van der Waals surface area (Å²) in [5.41, 5.74) is 3.90. The van der Waals surface area contributed by atoms with Gasteiger partial charge in [0.25, 0.3) is 0 Å². The van der Waals surface area contributed by atoms with Gasteiger partial charge in [-0.2, -0.15) is 10.2 Å². The molecule has 2 aliphatic rings. The number of anilines is 1. The largest absolute Gasteiger partial charge is 0.309 e. The lowest BCUT2D eigenvalue weighted by Gasteiger charge is -2.03. The predicted molar refractivity (Wildman–Crippen MR) is 109 cm³/mol. The zero-order valence-electron chi connectivity index (χ0n) is 16.1. The van der Waals surface area contributed by atoms with E-state index in [1.807, 2.05) is 23.0 Å². The molecule has 1 N–H and O–H groups in total. The second-order valence-electron chi connectivity index (χ2n) is 8.02. The Labute approximate surface area is 171 Å². The van der Waals surface area contributed by atoms with Crippen molar-refractivity contribution in [3.05, 3.63) is 54.6 Å². The summed E-state index contributed by atoms with van der Waals surface area (Å²) >= 11 is 0. The SMILES string of the molecule is O=C(Nc1cn2nc(-c3cn(C4CC4)nc3-c3ccc(F)cc3)ccc2n1)C1CC1. The molecule has 4 aromatic rings. The minimum atomic E-state index is -0.277. The summed E-state index contributed by atoms with van der Waals surface area (Å²) in [6, 6.07) is 10.5. The molecule has 0 unspecified atom stereocenters. The Morgan fingerprint density at radius 3 is 2.53 bits per heavy atom. The fourth-order valence-corrected chi connectivity index (χ4v) is 3.59. The van der Waals surface area contributed by atoms with Gasteiger partial charge in [0.2, 0.25) is 5.91 Å². The van der Waals surface area contributed by atoms with Gasteiger partial charge < -0.3 is 5.32 Å². The summed E-state index contributed by atoms with van der Waals surface area (Å²) in [4.78, 5) is 16.5. The van der Waals surface area contributed by atoms with E-state index < -0.39 is 0 Å². The van der Waals surface area contributed by atoms with E-state index in [0.29, 0.717) is 17.5 Å². The van der Waals surface area contributed by atoms with Crippen LogP contribution in [-0.2, 0) is 4.79 Å². The van der Waals surface area contributed by atoms with E-state index in [1.165, 1.54) is 12.1 Å². The number of amides is 1. The molecule has 0 spiro atoms. The molecule has 30 heavy (non-hydrogen) atoms. The highest BCUT2D eigenvalue weighted by atomic mass is 19.1. The van der Waals surface area contributed by atoms with Crippen LogP contribution in [0.5, 0.6) is 0 Å². The molecular formula is C22H19FN6O. The number of nitrogens with zero attached hydrogens (tertiary/aromatic N) is 5. The Balaban J connectivity index is 1.40. The molecule has 0 bridgehead atoms. The molecule has 0 aliphatic heterocycles. The summed E-state index contributed by atoms with van der Waals surface area (Å²) in [6.07, 6.45) is 7.85. The van der Waals surface area contributed by atoms with E-state index in [0.717, 1.165) is 48.2 Å². The van der Waals surface area contributed by atoms with Gasteiger partial charge in [0.15, 0.2) is 11.5 Å². The Bertz CT molecular complexity index is 1270. The van der Waals surface area contributed by atoms with Crippen LogP contribution in [0.15, 0.2) is 48.8 Å². The maximum Gasteiger partial charge on any atom is 0.228 e. The van der Waals surface area contributed by atoms with E-state index in [4.69, 9.17) is 10.2 Å². The zero-order chi connectivity index (χ0) is 20.2. The molecule has 8 heteroatoms. The average molecular weight is 402 g/mol. The quantitative estimate of drug-likeness (QED) is 0.546. The third-order valence-electron chi connectivity index (χ3n) is 5.57. The van der Waals surface area contributed by atoms with Crippen LogP contribution < -0.4 is 5.32 Å². The van der Waals surface area contributed by atoms with Gasteiger partial charge in [-0.15, -0.1) is 0 Å². The molecule has 2 saturated carbocycles. The summed E-state index contributed by atoms with van der Waals surface area (Å²) in [5.74, 6) is 0.359. The summed E-state index contributed by atoms with van der Waals surface area (Å²) < 4.78 is 17.1. The van der Waals surface area contributed by atoms with Crippen LogP contribution in [0.1, 0.15) is 31.7 Å². The highest BCUT2D eigenvalue weighted by Crippen LogP contribution is 2.38. The van der Waals surface area contributed by atoms with Crippen molar-refractivity contribution in [2.24, 2.45) is 5.92 Å². The molecule has 0 atom stereocenters. The standard InChI is InChI=1S/C22H19FN6O/c23-15-5-3-13(4-6-15)21-17(11-28(27-21)16-7-8-16)18-9-10-20-24-19(12-29(20)26-18)25-22(30)14-1-2-14/h3-6,9-12,14,16H,1-2,7-8H2,(H,25,30). The van der Waals surface area contributed by atoms with Crippen molar-refractivity contribution in [1.29, 1.82) is 0 Å². The van der Waals surface area contributed by atoms with Gasteiger partial charge in [0.05, 0.1) is 17.9 Å². The van der Waals surface area contributed by atoms with Crippen LogP contribution in [0.2, 0.25) is 0 Å². The van der Waals surface area contributed by atoms with Gasteiger partial charge >= 0.3 is 0 Å². The molecule has 6 rings (SSSR count). The molecule has 0 saturated heterocycles. The first-order valence-corrected chi connectivity index (χ1v) is 10.2. The van der Waals surface area contributed by atoms with Gasteiger partial charge in [0, 0.05) is 23.2 Å². The number of hydrogen-bond acceptors (Lipinski definition) is 4. The molecule has 1 amide bonds. The molecule has 0 radical (unpaired) electrons. The highest BCUT2D eigenvalue weighted by Gasteiger charge is 2.30. The van der Waals surface area contributed by atoms with E-state index in [-0.39, 0.29) is 17.6 Å². The van der Waals surface area contributed by atoms with Crippen molar-refractivity contribution >= 4 is 17.4 Å². The maximum absolute atomic E-state index is 13.4. The van der Waals surface area contributed by atoms with Crippen molar-refractivity contribution < 1.29 is 9.18 Å². The van der Waals surface area contributed by atoms with Crippen LogP contribution in [-0.4, -0.2) is 30.3 Å². The monoisotopic (exact) mass is 402 g/mol. The number of nitrogens with one attached hydrogen (secondary N) is 1. The van der Waals surface area contributed by atoms with Crippen LogP contribution in [0.3, 0.4) is 0 Å². The minimum absolute atomic E-state index is 0.0166. The molecule has 7 nitrogen and oxygen atoms in total. The van der Waals surface area contributed by atoms with Gasteiger partial charge in [-0.1, -0.05) is 0 Å². The molecular weight excluding hydrogens is 383 g/mol.